The quantitative estimate of drug-likeness (QED) is 0.837. The van der Waals surface area contributed by atoms with Gasteiger partial charge in [0.05, 0.1) is 7.11 Å². The summed E-state index contributed by atoms with van der Waals surface area (Å²) >= 11 is 0. The first-order valence-corrected chi connectivity index (χ1v) is 7.70. The predicted molar refractivity (Wildman–Crippen MR) is 93.0 cm³/mol. The SMILES string of the molecule is CNCC(C)C(=O)N(c1ccc(OC)cc1)C(C)C1CC1.Cl. The lowest BCUT2D eigenvalue weighted by molar-refractivity contribution is -0.122. The highest BCUT2D eigenvalue weighted by molar-refractivity contribution is 5.95. The molecule has 2 atom stereocenters. The number of hydrogen-bond acceptors (Lipinski definition) is 3. The van der Waals surface area contributed by atoms with Gasteiger partial charge in [-0.3, -0.25) is 4.79 Å². The van der Waals surface area contributed by atoms with Crippen LogP contribution in [-0.4, -0.2) is 32.7 Å². The first kappa shape index (κ1) is 18.8. The maximum absolute atomic E-state index is 12.8. The van der Waals surface area contributed by atoms with Gasteiger partial charge in [0.15, 0.2) is 0 Å². The molecule has 0 radical (unpaired) electrons. The van der Waals surface area contributed by atoms with Crippen molar-refractivity contribution in [3.8, 4) is 5.75 Å². The number of rotatable bonds is 7. The summed E-state index contributed by atoms with van der Waals surface area (Å²) in [6, 6.07) is 8.03. The molecule has 1 aliphatic rings. The van der Waals surface area contributed by atoms with E-state index in [4.69, 9.17) is 4.74 Å². The van der Waals surface area contributed by atoms with Crippen molar-refractivity contribution in [2.75, 3.05) is 25.6 Å². The second-order valence-corrected chi connectivity index (χ2v) is 5.94. The molecule has 2 unspecified atom stereocenters. The van der Waals surface area contributed by atoms with Gasteiger partial charge in [-0.15, -0.1) is 12.4 Å². The molecule has 0 heterocycles. The number of nitrogens with zero attached hydrogens (tertiary/aromatic N) is 1. The lowest BCUT2D eigenvalue weighted by Crippen LogP contribution is -2.45. The normalized spacial score (nSPS) is 16.4. The number of anilines is 1. The van der Waals surface area contributed by atoms with Gasteiger partial charge in [-0.1, -0.05) is 6.92 Å². The fourth-order valence-electron chi connectivity index (χ4n) is 2.73. The molecule has 5 heteroatoms. The number of ether oxygens (including phenoxy) is 1. The van der Waals surface area contributed by atoms with Crippen LogP contribution in [0.2, 0.25) is 0 Å². The maximum atomic E-state index is 12.8. The molecule has 0 bridgehead atoms. The van der Waals surface area contributed by atoms with E-state index in [1.807, 2.05) is 43.1 Å². The van der Waals surface area contributed by atoms with Crippen LogP contribution >= 0.6 is 12.4 Å². The molecule has 1 fully saturated rings. The van der Waals surface area contributed by atoms with Crippen LogP contribution in [0, 0.1) is 11.8 Å². The molecule has 22 heavy (non-hydrogen) atoms. The molecule has 1 amide bonds. The third kappa shape index (κ3) is 4.37. The summed E-state index contributed by atoms with van der Waals surface area (Å²) in [5.74, 6) is 1.61. The zero-order valence-electron chi connectivity index (χ0n) is 13.8. The lowest BCUT2D eigenvalue weighted by Gasteiger charge is -2.32. The van der Waals surface area contributed by atoms with E-state index in [9.17, 15) is 4.79 Å². The maximum Gasteiger partial charge on any atom is 0.231 e. The largest absolute Gasteiger partial charge is 0.497 e. The van der Waals surface area contributed by atoms with Gasteiger partial charge in [0, 0.05) is 24.2 Å². The van der Waals surface area contributed by atoms with Crippen molar-refractivity contribution in [2.24, 2.45) is 11.8 Å². The number of carbonyl (C=O) groups is 1. The number of hydrogen-bond donors (Lipinski definition) is 1. The zero-order chi connectivity index (χ0) is 15.4. The van der Waals surface area contributed by atoms with Crippen LogP contribution in [0.1, 0.15) is 26.7 Å². The van der Waals surface area contributed by atoms with Crippen LogP contribution in [-0.2, 0) is 4.79 Å². The Labute approximate surface area is 139 Å². The fourth-order valence-corrected chi connectivity index (χ4v) is 2.73. The first-order chi connectivity index (χ1) is 10.1. The van der Waals surface area contributed by atoms with Crippen LogP contribution < -0.4 is 15.0 Å². The number of halogens is 1. The molecule has 2 rings (SSSR count). The second kappa shape index (κ2) is 8.39. The average molecular weight is 327 g/mol. The smallest absolute Gasteiger partial charge is 0.231 e. The van der Waals surface area contributed by atoms with E-state index in [0.717, 1.165) is 11.4 Å². The minimum absolute atomic E-state index is 0. The Kier molecular flexibility index (Phi) is 7.17. The minimum atomic E-state index is -0.0294. The molecule has 124 valence electrons. The zero-order valence-corrected chi connectivity index (χ0v) is 14.7. The molecule has 1 aromatic rings. The highest BCUT2D eigenvalue weighted by Gasteiger charge is 2.36. The van der Waals surface area contributed by atoms with E-state index in [0.29, 0.717) is 12.5 Å². The third-order valence-corrected chi connectivity index (χ3v) is 4.23. The summed E-state index contributed by atoms with van der Waals surface area (Å²) in [5, 5.41) is 3.09. The number of benzene rings is 1. The van der Waals surface area contributed by atoms with Crippen LogP contribution in [0.4, 0.5) is 5.69 Å². The van der Waals surface area contributed by atoms with E-state index in [2.05, 4.69) is 12.2 Å². The van der Waals surface area contributed by atoms with Gasteiger partial charge in [0.1, 0.15) is 5.75 Å². The van der Waals surface area contributed by atoms with Gasteiger partial charge in [-0.2, -0.15) is 0 Å². The topological polar surface area (TPSA) is 41.6 Å². The predicted octanol–water partition coefficient (Wildman–Crippen LogP) is 3.10. The van der Waals surface area contributed by atoms with Crippen molar-refractivity contribution in [3.05, 3.63) is 24.3 Å². The summed E-state index contributed by atoms with van der Waals surface area (Å²) in [6.45, 7) is 4.84. The monoisotopic (exact) mass is 326 g/mol. The van der Waals surface area contributed by atoms with Gasteiger partial charge in [-0.25, -0.2) is 0 Å². The lowest BCUT2D eigenvalue weighted by atomic mass is 10.1. The van der Waals surface area contributed by atoms with Crippen molar-refractivity contribution in [3.63, 3.8) is 0 Å². The van der Waals surface area contributed by atoms with E-state index >= 15 is 0 Å². The molecule has 0 saturated heterocycles. The van der Waals surface area contributed by atoms with Crippen molar-refractivity contribution in [1.29, 1.82) is 0 Å². The summed E-state index contributed by atoms with van der Waals surface area (Å²) in [4.78, 5) is 14.8. The Bertz CT molecular complexity index is 474. The van der Waals surface area contributed by atoms with Crippen LogP contribution in [0.5, 0.6) is 5.75 Å². The molecule has 1 aliphatic carbocycles. The molecular formula is C17H27ClN2O2. The highest BCUT2D eigenvalue weighted by atomic mass is 35.5. The Morgan fingerprint density at radius 3 is 2.36 bits per heavy atom. The van der Waals surface area contributed by atoms with Gasteiger partial charge in [0.25, 0.3) is 0 Å². The molecule has 1 aromatic carbocycles. The fraction of sp³-hybridized carbons (Fsp3) is 0.588. The van der Waals surface area contributed by atoms with Gasteiger partial charge in [0.2, 0.25) is 5.91 Å². The number of amides is 1. The second-order valence-electron chi connectivity index (χ2n) is 5.94. The van der Waals surface area contributed by atoms with E-state index in [1.165, 1.54) is 12.8 Å². The minimum Gasteiger partial charge on any atom is -0.497 e. The van der Waals surface area contributed by atoms with Crippen LogP contribution in [0.15, 0.2) is 24.3 Å². The molecule has 0 aliphatic heterocycles. The van der Waals surface area contributed by atoms with E-state index in [-0.39, 0.29) is 30.3 Å². The third-order valence-electron chi connectivity index (χ3n) is 4.23. The first-order valence-electron chi connectivity index (χ1n) is 7.70. The summed E-state index contributed by atoms with van der Waals surface area (Å²) < 4.78 is 5.20. The van der Waals surface area contributed by atoms with Crippen molar-refractivity contribution in [1.82, 2.24) is 5.32 Å². The summed E-state index contributed by atoms with van der Waals surface area (Å²) in [6.07, 6.45) is 2.45. The summed E-state index contributed by atoms with van der Waals surface area (Å²) in [7, 11) is 3.53. The Morgan fingerprint density at radius 1 is 1.32 bits per heavy atom. The Morgan fingerprint density at radius 2 is 1.91 bits per heavy atom. The van der Waals surface area contributed by atoms with Crippen molar-refractivity contribution in [2.45, 2.75) is 32.7 Å². The van der Waals surface area contributed by atoms with Gasteiger partial charge < -0.3 is 15.0 Å². The molecular weight excluding hydrogens is 300 g/mol. The standard InChI is InChI=1S/C17H26N2O2.ClH/c1-12(11-18-3)17(20)19(13(2)14-5-6-14)15-7-9-16(21-4)10-8-15;/h7-10,12-14,18H,5-6,11H2,1-4H3;1H. The molecule has 1 N–H and O–H groups in total. The molecule has 4 nitrogen and oxygen atoms in total. The van der Waals surface area contributed by atoms with E-state index < -0.39 is 0 Å². The van der Waals surface area contributed by atoms with E-state index in [1.54, 1.807) is 7.11 Å². The van der Waals surface area contributed by atoms with Crippen molar-refractivity contribution < 1.29 is 9.53 Å². The van der Waals surface area contributed by atoms with Crippen LogP contribution in [0.3, 0.4) is 0 Å². The highest BCUT2D eigenvalue weighted by Crippen LogP contribution is 2.37. The Hall–Kier alpha value is -1.26. The number of nitrogens with one attached hydrogen (secondary N) is 1. The number of methoxy groups -OCH3 is 1. The molecule has 0 aromatic heterocycles. The Balaban J connectivity index is 0.00000242. The summed E-state index contributed by atoms with van der Waals surface area (Å²) in [5.41, 5.74) is 0.961. The van der Waals surface area contributed by atoms with Gasteiger partial charge >= 0.3 is 0 Å². The molecule has 1 saturated carbocycles. The van der Waals surface area contributed by atoms with Crippen LogP contribution in [0.25, 0.3) is 0 Å². The van der Waals surface area contributed by atoms with Gasteiger partial charge in [-0.05, 0) is 57.0 Å². The van der Waals surface area contributed by atoms with Crippen molar-refractivity contribution >= 4 is 24.0 Å². The average Bonchev–Trinajstić information content (AvgIpc) is 3.33. The molecule has 0 spiro atoms. The number of carbonyl (C=O) groups excluding carboxylic acids is 1.